The third-order valence-electron chi connectivity index (χ3n) is 2.82. The molecular weight excluding hydrogens is 318 g/mol. The summed E-state index contributed by atoms with van der Waals surface area (Å²) >= 11 is 1.01. The van der Waals surface area contributed by atoms with Crippen molar-refractivity contribution < 1.29 is 14.3 Å². The zero-order chi connectivity index (χ0) is 17.4. The second-order valence-corrected chi connectivity index (χ2v) is 6.76. The molecular formula is C14H25N5O3S. The van der Waals surface area contributed by atoms with E-state index in [-0.39, 0.29) is 17.8 Å². The molecule has 0 aliphatic heterocycles. The molecule has 0 unspecified atom stereocenters. The van der Waals surface area contributed by atoms with Crippen LogP contribution in [-0.4, -0.2) is 41.0 Å². The van der Waals surface area contributed by atoms with E-state index < -0.39 is 12.1 Å². The Kier molecular flexibility index (Phi) is 7.73. The number of urea groups is 1. The standard InChI is InChI=1S/C14H25N5O3S/c1-8(2)6-10(11(20)15-7-9(3)4)16-12(21)17-14-18-13(22-5)19-23-14/h8-10H,6-7H2,1-5H3,(H,15,20)(H2,16,17,18,19,21)/t10-/m0/s1. The van der Waals surface area contributed by atoms with Gasteiger partial charge in [0.05, 0.1) is 7.11 Å². The number of carbonyl (C=O) groups is 2. The first kappa shape index (κ1) is 19.1. The molecule has 1 aromatic rings. The molecule has 130 valence electrons. The summed E-state index contributed by atoms with van der Waals surface area (Å²) in [6.45, 7) is 8.60. The Labute approximate surface area is 140 Å². The lowest BCUT2D eigenvalue weighted by Crippen LogP contribution is -2.49. The molecule has 0 saturated carbocycles. The molecule has 23 heavy (non-hydrogen) atoms. The average Bonchev–Trinajstić information content (AvgIpc) is 2.90. The number of methoxy groups -OCH3 is 1. The summed E-state index contributed by atoms with van der Waals surface area (Å²) in [5.41, 5.74) is 0. The summed E-state index contributed by atoms with van der Waals surface area (Å²) in [5.74, 6) is 0.436. The van der Waals surface area contributed by atoms with Crippen LogP contribution in [0.5, 0.6) is 6.01 Å². The van der Waals surface area contributed by atoms with Gasteiger partial charge in [-0.25, -0.2) is 4.79 Å². The van der Waals surface area contributed by atoms with Crippen LogP contribution in [0.4, 0.5) is 9.93 Å². The van der Waals surface area contributed by atoms with Crippen molar-refractivity contribution in [1.29, 1.82) is 0 Å². The van der Waals surface area contributed by atoms with Gasteiger partial charge in [0.2, 0.25) is 11.0 Å². The summed E-state index contributed by atoms with van der Waals surface area (Å²) in [6.07, 6.45) is 0.552. The summed E-state index contributed by atoms with van der Waals surface area (Å²) in [6, 6.07) is -0.892. The molecule has 0 aromatic carbocycles. The molecule has 0 bridgehead atoms. The number of ether oxygens (including phenoxy) is 1. The first-order valence-electron chi connectivity index (χ1n) is 7.54. The normalized spacial score (nSPS) is 12.1. The topological polar surface area (TPSA) is 105 Å². The Morgan fingerprint density at radius 1 is 1.22 bits per heavy atom. The number of anilines is 1. The maximum absolute atomic E-state index is 12.2. The molecule has 8 nitrogen and oxygen atoms in total. The molecule has 0 aliphatic rings. The molecule has 3 N–H and O–H groups in total. The molecule has 1 aromatic heterocycles. The summed E-state index contributed by atoms with van der Waals surface area (Å²) in [7, 11) is 1.45. The lowest BCUT2D eigenvalue weighted by Gasteiger charge is -2.20. The van der Waals surface area contributed by atoms with Crippen LogP contribution in [0.3, 0.4) is 0 Å². The monoisotopic (exact) mass is 343 g/mol. The van der Waals surface area contributed by atoms with Gasteiger partial charge in [-0.2, -0.15) is 4.98 Å². The van der Waals surface area contributed by atoms with Gasteiger partial charge in [0, 0.05) is 18.1 Å². The second kappa shape index (κ2) is 9.29. The van der Waals surface area contributed by atoms with Crippen molar-refractivity contribution in [1.82, 2.24) is 20.0 Å². The van der Waals surface area contributed by atoms with Crippen molar-refractivity contribution >= 4 is 28.6 Å². The van der Waals surface area contributed by atoms with Crippen molar-refractivity contribution in [3.8, 4) is 6.01 Å². The predicted octanol–water partition coefficient (Wildman–Crippen LogP) is 1.86. The van der Waals surface area contributed by atoms with Crippen LogP contribution in [0.2, 0.25) is 0 Å². The van der Waals surface area contributed by atoms with Crippen LogP contribution in [0.25, 0.3) is 0 Å². The van der Waals surface area contributed by atoms with Gasteiger partial charge >= 0.3 is 12.0 Å². The van der Waals surface area contributed by atoms with Crippen molar-refractivity contribution in [2.45, 2.75) is 40.2 Å². The number of aromatic nitrogens is 2. The highest BCUT2D eigenvalue weighted by molar-refractivity contribution is 7.10. The van der Waals surface area contributed by atoms with E-state index in [1.807, 2.05) is 27.7 Å². The summed E-state index contributed by atoms with van der Waals surface area (Å²) < 4.78 is 8.74. The van der Waals surface area contributed by atoms with Crippen LogP contribution in [-0.2, 0) is 4.79 Å². The van der Waals surface area contributed by atoms with Crippen LogP contribution in [0, 0.1) is 11.8 Å². The fraction of sp³-hybridized carbons (Fsp3) is 0.714. The van der Waals surface area contributed by atoms with Crippen molar-refractivity contribution in [2.24, 2.45) is 11.8 Å². The molecule has 1 rings (SSSR count). The minimum Gasteiger partial charge on any atom is -0.466 e. The maximum atomic E-state index is 12.2. The lowest BCUT2D eigenvalue weighted by atomic mass is 10.0. The molecule has 1 heterocycles. The highest BCUT2D eigenvalue weighted by Crippen LogP contribution is 2.15. The van der Waals surface area contributed by atoms with Crippen LogP contribution >= 0.6 is 11.5 Å². The Morgan fingerprint density at radius 3 is 2.43 bits per heavy atom. The number of rotatable bonds is 8. The van der Waals surface area contributed by atoms with Gasteiger partial charge in [0.15, 0.2) is 0 Å². The Morgan fingerprint density at radius 2 is 1.91 bits per heavy atom. The van der Waals surface area contributed by atoms with Crippen molar-refractivity contribution in [3.63, 3.8) is 0 Å². The van der Waals surface area contributed by atoms with E-state index in [2.05, 4.69) is 25.3 Å². The third kappa shape index (κ3) is 7.27. The fourth-order valence-electron chi connectivity index (χ4n) is 1.77. The highest BCUT2D eigenvalue weighted by atomic mass is 32.1. The van der Waals surface area contributed by atoms with E-state index >= 15 is 0 Å². The van der Waals surface area contributed by atoms with Gasteiger partial charge in [0.1, 0.15) is 6.04 Å². The first-order valence-corrected chi connectivity index (χ1v) is 8.32. The molecule has 0 fully saturated rings. The number of nitrogens with one attached hydrogen (secondary N) is 3. The Bertz CT molecular complexity index is 518. The minimum atomic E-state index is -0.594. The van der Waals surface area contributed by atoms with E-state index in [4.69, 9.17) is 4.74 Å². The van der Waals surface area contributed by atoms with E-state index in [1.54, 1.807) is 0 Å². The van der Waals surface area contributed by atoms with E-state index in [0.717, 1.165) is 11.5 Å². The number of hydrogen-bond acceptors (Lipinski definition) is 6. The van der Waals surface area contributed by atoms with Crippen LogP contribution in [0.1, 0.15) is 34.1 Å². The van der Waals surface area contributed by atoms with Gasteiger partial charge in [0.25, 0.3) is 0 Å². The number of nitrogens with zero attached hydrogens (tertiary/aromatic N) is 2. The number of amides is 3. The average molecular weight is 343 g/mol. The minimum absolute atomic E-state index is 0.183. The lowest BCUT2D eigenvalue weighted by molar-refractivity contribution is -0.123. The molecule has 0 radical (unpaired) electrons. The quantitative estimate of drug-likeness (QED) is 0.668. The van der Waals surface area contributed by atoms with E-state index in [1.165, 1.54) is 7.11 Å². The van der Waals surface area contributed by atoms with Gasteiger partial charge in [-0.05, 0) is 18.3 Å². The van der Waals surface area contributed by atoms with Gasteiger partial charge < -0.3 is 15.4 Å². The maximum Gasteiger partial charge on any atom is 0.329 e. The van der Waals surface area contributed by atoms with E-state index in [9.17, 15) is 9.59 Å². The van der Waals surface area contributed by atoms with Gasteiger partial charge in [-0.1, -0.05) is 27.7 Å². The summed E-state index contributed by atoms with van der Waals surface area (Å²) in [4.78, 5) is 28.2. The zero-order valence-electron chi connectivity index (χ0n) is 14.2. The van der Waals surface area contributed by atoms with Crippen molar-refractivity contribution in [3.05, 3.63) is 0 Å². The Balaban J connectivity index is 2.60. The first-order chi connectivity index (χ1) is 10.8. The number of hydrogen-bond donors (Lipinski definition) is 3. The highest BCUT2D eigenvalue weighted by Gasteiger charge is 2.22. The fourth-order valence-corrected chi connectivity index (χ4v) is 2.30. The number of carbonyl (C=O) groups excluding carboxylic acids is 2. The smallest absolute Gasteiger partial charge is 0.329 e. The second-order valence-electron chi connectivity index (χ2n) is 6.01. The summed E-state index contributed by atoms with van der Waals surface area (Å²) in [5, 5.41) is 8.39. The molecule has 3 amide bonds. The zero-order valence-corrected chi connectivity index (χ0v) is 15.0. The SMILES string of the molecule is COc1nsc(NC(=O)N[C@@H](CC(C)C)C(=O)NCC(C)C)n1. The predicted molar refractivity (Wildman–Crippen MR) is 89.7 cm³/mol. The van der Waals surface area contributed by atoms with Crippen LogP contribution < -0.4 is 20.7 Å². The largest absolute Gasteiger partial charge is 0.466 e. The van der Waals surface area contributed by atoms with E-state index in [0.29, 0.717) is 24.0 Å². The molecule has 9 heteroatoms. The van der Waals surface area contributed by atoms with Crippen molar-refractivity contribution in [2.75, 3.05) is 19.0 Å². The molecule has 1 atom stereocenters. The van der Waals surface area contributed by atoms with Crippen LogP contribution in [0.15, 0.2) is 0 Å². The Hall–Kier alpha value is -1.90. The van der Waals surface area contributed by atoms with Gasteiger partial charge in [-0.15, -0.1) is 4.37 Å². The molecule has 0 saturated heterocycles. The third-order valence-corrected chi connectivity index (χ3v) is 3.44. The molecule has 0 spiro atoms. The van der Waals surface area contributed by atoms with Gasteiger partial charge in [-0.3, -0.25) is 10.1 Å². The molecule has 0 aliphatic carbocycles.